The second-order valence-corrected chi connectivity index (χ2v) is 6.94. The van der Waals surface area contributed by atoms with E-state index < -0.39 is 22.9 Å². The largest absolute Gasteiger partial charge is 0.423 e. The minimum absolute atomic E-state index is 0.0149. The molecule has 0 fully saturated rings. The van der Waals surface area contributed by atoms with Crippen molar-refractivity contribution in [2.24, 2.45) is 0 Å². The molecule has 0 unspecified atom stereocenters. The highest BCUT2D eigenvalue weighted by atomic mass is 32.2. The second-order valence-electron chi connectivity index (χ2n) is 5.98. The Morgan fingerprint density at radius 1 is 1.22 bits per heavy atom. The second kappa shape index (κ2) is 7.08. The molecule has 0 amide bonds. The number of fused-ring (bicyclic) bond motifs is 1. The van der Waals surface area contributed by atoms with Crippen molar-refractivity contribution in [3.8, 4) is 6.07 Å². The monoisotopic (exact) mass is 390 g/mol. The van der Waals surface area contributed by atoms with E-state index in [1.54, 1.807) is 18.2 Å². The maximum Gasteiger partial charge on any atom is 0.417 e. The highest BCUT2D eigenvalue weighted by Gasteiger charge is 2.35. The molecule has 0 saturated heterocycles. The Hall–Kier alpha value is -2.79. The summed E-state index contributed by atoms with van der Waals surface area (Å²) in [7, 11) is 0. The van der Waals surface area contributed by atoms with E-state index in [9.17, 15) is 23.2 Å². The van der Waals surface area contributed by atoms with Crippen LogP contribution in [-0.4, -0.2) is 4.98 Å². The third-order valence-corrected chi connectivity index (χ3v) is 4.90. The molecule has 0 radical (unpaired) electrons. The van der Waals surface area contributed by atoms with Gasteiger partial charge in [0, 0.05) is 22.9 Å². The number of aryl methyl sites for hydroxylation is 2. The van der Waals surface area contributed by atoms with E-state index in [4.69, 9.17) is 4.42 Å². The molecule has 0 spiro atoms. The standard InChI is InChI=1S/C19H13F3N2O2S/c1-10-3-4-16-13(5-10)12(7-17(25)26-16)9-27-18-14(8-23)15(19(20,21)22)6-11(2)24-18/h3-7H,9H2,1-2H3. The molecule has 4 nitrogen and oxygen atoms in total. The SMILES string of the molecule is Cc1ccc2oc(=O)cc(CSc3nc(C)cc(C(F)(F)F)c3C#N)c2c1. The first-order valence-corrected chi connectivity index (χ1v) is 8.82. The quantitative estimate of drug-likeness (QED) is 0.466. The van der Waals surface area contributed by atoms with Crippen LogP contribution < -0.4 is 5.63 Å². The van der Waals surface area contributed by atoms with Crippen LogP contribution in [0.1, 0.15) is 27.9 Å². The molecule has 27 heavy (non-hydrogen) atoms. The fraction of sp³-hybridized carbons (Fsp3) is 0.211. The summed E-state index contributed by atoms with van der Waals surface area (Å²) in [6, 6.07) is 9.09. The number of aromatic nitrogens is 1. The highest BCUT2D eigenvalue weighted by molar-refractivity contribution is 7.98. The summed E-state index contributed by atoms with van der Waals surface area (Å²) in [4.78, 5) is 15.9. The molecule has 1 aromatic carbocycles. The molecule has 138 valence electrons. The molecule has 0 bridgehead atoms. The van der Waals surface area contributed by atoms with Gasteiger partial charge in [-0.15, -0.1) is 11.8 Å². The zero-order valence-corrected chi connectivity index (χ0v) is 15.2. The predicted molar refractivity (Wildman–Crippen MR) is 95.5 cm³/mol. The molecule has 0 aliphatic rings. The molecule has 3 rings (SSSR count). The molecule has 0 saturated carbocycles. The Morgan fingerprint density at radius 2 is 1.96 bits per heavy atom. The average Bonchev–Trinajstić information content (AvgIpc) is 2.58. The molecular weight excluding hydrogens is 377 g/mol. The number of alkyl halides is 3. The van der Waals surface area contributed by atoms with Crippen molar-refractivity contribution in [3.05, 3.63) is 68.7 Å². The molecule has 0 atom stereocenters. The Kier molecular flexibility index (Phi) is 4.98. The third-order valence-electron chi connectivity index (χ3n) is 3.88. The smallest absolute Gasteiger partial charge is 0.417 e. The number of hydrogen-bond donors (Lipinski definition) is 0. The summed E-state index contributed by atoms with van der Waals surface area (Å²) >= 11 is 0.984. The number of nitriles is 1. The lowest BCUT2D eigenvalue weighted by molar-refractivity contribution is -0.138. The van der Waals surface area contributed by atoms with E-state index in [2.05, 4.69) is 4.98 Å². The molecule has 0 aliphatic heterocycles. The summed E-state index contributed by atoms with van der Waals surface area (Å²) in [5, 5.41) is 9.92. The van der Waals surface area contributed by atoms with Gasteiger partial charge in [0.1, 0.15) is 16.7 Å². The fourth-order valence-electron chi connectivity index (χ4n) is 2.69. The fourth-order valence-corrected chi connectivity index (χ4v) is 3.73. The van der Waals surface area contributed by atoms with Crippen LogP contribution >= 0.6 is 11.8 Å². The van der Waals surface area contributed by atoms with Gasteiger partial charge in [0.2, 0.25) is 0 Å². The van der Waals surface area contributed by atoms with E-state index in [1.165, 1.54) is 13.0 Å². The molecule has 0 N–H and O–H groups in total. The van der Waals surface area contributed by atoms with Crippen LogP contribution in [-0.2, 0) is 11.9 Å². The number of nitrogens with zero attached hydrogens (tertiary/aromatic N) is 2. The number of halogens is 3. The van der Waals surface area contributed by atoms with Crippen LogP contribution in [0.15, 0.2) is 44.6 Å². The van der Waals surface area contributed by atoms with Crippen molar-refractivity contribution >= 4 is 22.7 Å². The van der Waals surface area contributed by atoms with E-state index in [-0.39, 0.29) is 16.5 Å². The van der Waals surface area contributed by atoms with Crippen molar-refractivity contribution < 1.29 is 17.6 Å². The highest BCUT2D eigenvalue weighted by Crippen LogP contribution is 2.37. The maximum absolute atomic E-state index is 13.2. The van der Waals surface area contributed by atoms with Crippen LogP contribution in [0.3, 0.4) is 0 Å². The first kappa shape index (κ1) is 19.0. The Labute approximate surface area is 156 Å². The lowest BCUT2D eigenvalue weighted by Gasteiger charge is -2.13. The molecule has 0 aliphatic carbocycles. The van der Waals surface area contributed by atoms with E-state index in [0.717, 1.165) is 23.4 Å². The van der Waals surface area contributed by atoms with Gasteiger partial charge >= 0.3 is 11.8 Å². The minimum atomic E-state index is -4.65. The number of hydrogen-bond acceptors (Lipinski definition) is 5. The van der Waals surface area contributed by atoms with Gasteiger partial charge in [0.05, 0.1) is 11.1 Å². The van der Waals surface area contributed by atoms with Crippen molar-refractivity contribution in [3.63, 3.8) is 0 Å². The topological polar surface area (TPSA) is 66.9 Å². The third kappa shape index (κ3) is 3.98. The first-order chi connectivity index (χ1) is 12.7. The van der Waals surface area contributed by atoms with Crippen molar-refractivity contribution in [1.82, 2.24) is 4.98 Å². The zero-order chi connectivity index (χ0) is 19.8. The Balaban J connectivity index is 2.05. The lowest BCUT2D eigenvalue weighted by atomic mass is 10.1. The number of pyridine rings is 1. The average molecular weight is 390 g/mol. The summed E-state index contributed by atoms with van der Waals surface area (Å²) < 4.78 is 44.8. The maximum atomic E-state index is 13.2. The zero-order valence-electron chi connectivity index (χ0n) is 14.3. The van der Waals surface area contributed by atoms with Gasteiger partial charge in [-0.2, -0.15) is 18.4 Å². The number of benzene rings is 1. The van der Waals surface area contributed by atoms with Crippen LogP contribution in [0.4, 0.5) is 13.2 Å². The Bertz CT molecular complexity index is 1130. The van der Waals surface area contributed by atoms with Crippen molar-refractivity contribution in [2.45, 2.75) is 30.8 Å². The normalized spacial score (nSPS) is 11.6. The van der Waals surface area contributed by atoms with Crippen LogP contribution in [0.5, 0.6) is 0 Å². The van der Waals surface area contributed by atoms with Crippen LogP contribution in [0.25, 0.3) is 11.0 Å². The van der Waals surface area contributed by atoms with Crippen LogP contribution in [0.2, 0.25) is 0 Å². The first-order valence-electron chi connectivity index (χ1n) is 7.84. The van der Waals surface area contributed by atoms with Crippen LogP contribution in [0, 0.1) is 25.2 Å². The van der Waals surface area contributed by atoms with Crippen molar-refractivity contribution in [2.75, 3.05) is 0 Å². The van der Waals surface area contributed by atoms with Crippen molar-refractivity contribution in [1.29, 1.82) is 5.26 Å². The van der Waals surface area contributed by atoms with Gasteiger partial charge < -0.3 is 4.42 Å². The molecule has 2 heterocycles. The summed E-state index contributed by atoms with van der Waals surface area (Å²) in [6.07, 6.45) is -4.65. The van der Waals surface area contributed by atoms with E-state index in [1.807, 2.05) is 13.0 Å². The van der Waals surface area contributed by atoms with Gasteiger partial charge in [-0.1, -0.05) is 11.6 Å². The van der Waals surface area contributed by atoms with Gasteiger partial charge in [-0.25, -0.2) is 9.78 Å². The predicted octanol–water partition coefficient (Wildman–Crippen LogP) is 4.99. The van der Waals surface area contributed by atoms with Gasteiger partial charge in [-0.3, -0.25) is 0 Å². The van der Waals surface area contributed by atoms with Gasteiger partial charge in [0.15, 0.2) is 0 Å². The van der Waals surface area contributed by atoms with Gasteiger partial charge in [0.25, 0.3) is 0 Å². The molecule has 3 aromatic rings. The number of rotatable bonds is 3. The minimum Gasteiger partial charge on any atom is -0.423 e. The van der Waals surface area contributed by atoms with E-state index >= 15 is 0 Å². The Morgan fingerprint density at radius 3 is 2.63 bits per heavy atom. The number of thioether (sulfide) groups is 1. The van der Waals surface area contributed by atoms with E-state index in [0.29, 0.717) is 16.5 Å². The summed E-state index contributed by atoms with van der Waals surface area (Å²) in [5.74, 6) is 0.175. The molecule has 2 aromatic heterocycles. The van der Waals surface area contributed by atoms with Gasteiger partial charge in [-0.05, 0) is 37.6 Å². The molecular formula is C19H13F3N2O2S. The summed E-state index contributed by atoms with van der Waals surface area (Å²) in [6.45, 7) is 3.32. The summed E-state index contributed by atoms with van der Waals surface area (Å²) in [5.41, 5.74) is 0.0593. The molecule has 8 heteroatoms. The lowest BCUT2D eigenvalue weighted by Crippen LogP contribution is -2.10.